The summed E-state index contributed by atoms with van der Waals surface area (Å²) in [6.45, 7) is 13.3. The van der Waals surface area contributed by atoms with E-state index in [0.717, 1.165) is 13.0 Å². The summed E-state index contributed by atoms with van der Waals surface area (Å²) in [7, 11) is 2.10. The first-order valence-corrected chi connectivity index (χ1v) is 5.75. The number of rotatable bonds is 2. The van der Waals surface area contributed by atoms with Crippen molar-refractivity contribution in [3.8, 4) is 0 Å². The largest absolute Gasteiger partial charge is 0.478 e. The van der Waals surface area contributed by atoms with E-state index in [-0.39, 0.29) is 16.9 Å². The zero-order valence-electron chi connectivity index (χ0n) is 11.0. The molecule has 1 fully saturated rings. The fourth-order valence-corrected chi connectivity index (χ4v) is 2.64. The van der Waals surface area contributed by atoms with Gasteiger partial charge in [-0.25, -0.2) is 4.79 Å². The Kier molecular flexibility index (Phi) is 3.21. The smallest absolute Gasteiger partial charge is 0.331 e. The third kappa shape index (κ3) is 1.77. The molecule has 92 valence electrons. The summed E-state index contributed by atoms with van der Waals surface area (Å²) in [5.74, 6) is -0.811. The molecule has 1 heterocycles. The molecule has 1 saturated heterocycles. The van der Waals surface area contributed by atoms with Gasteiger partial charge in [-0.3, -0.25) is 0 Å². The first kappa shape index (κ1) is 13.2. The Morgan fingerprint density at radius 3 is 2.31 bits per heavy atom. The highest BCUT2D eigenvalue weighted by Gasteiger charge is 2.50. The third-order valence-corrected chi connectivity index (χ3v) is 4.85. The van der Waals surface area contributed by atoms with Gasteiger partial charge in [0.15, 0.2) is 0 Å². The summed E-state index contributed by atoms with van der Waals surface area (Å²) in [5, 5.41) is 9.09. The van der Waals surface area contributed by atoms with Crippen LogP contribution in [0.2, 0.25) is 0 Å². The van der Waals surface area contributed by atoms with Crippen molar-refractivity contribution in [3.63, 3.8) is 0 Å². The molecule has 0 aromatic heterocycles. The number of likely N-dealkylation sites (tertiary alicyclic amines) is 1. The normalized spacial score (nSPS) is 28.7. The molecule has 1 aliphatic heterocycles. The fraction of sp³-hybridized carbons (Fsp3) is 0.769. The van der Waals surface area contributed by atoms with E-state index in [2.05, 4.69) is 46.2 Å². The molecule has 1 unspecified atom stereocenters. The number of carbonyl (C=O) groups is 1. The summed E-state index contributed by atoms with van der Waals surface area (Å²) < 4.78 is 0. The minimum absolute atomic E-state index is 0.0195. The molecular weight excluding hydrogens is 202 g/mol. The van der Waals surface area contributed by atoms with E-state index in [0.29, 0.717) is 5.57 Å². The van der Waals surface area contributed by atoms with E-state index >= 15 is 0 Å². The van der Waals surface area contributed by atoms with Crippen LogP contribution < -0.4 is 0 Å². The van der Waals surface area contributed by atoms with Gasteiger partial charge in [-0.15, -0.1) is 0 Å². The topological polar surface area (TPSA) is 40.5 Å². The van der Waals surface area contributed by atoms with Crippen LogP contribution in [0.15, 0.2) is 12.2 Å². The van der Waals surface area contributed by atoms with E-state index in [9.17, 15) is 4.79 Å². The van der Waals surface area contributed by atoms with Gasteiger partial charge in [0.05, 0.1) is 0 Å². The molecule has 0 aromatic rings. The van der Waals surface area contributed by atoms with Crippen LogP contribution in [0.1, 0.15) is 34.1 Å². The van der Waals surface area contributed by atoms with Gasteiger partial charge in [0, 0.05) is 11.1 Å². The first-order chi connectivity index (χ1) is 7.12. The number of aliphatic carboxylic acids is 1. The van der Waals surface area contributed by atoms with Gasteiger partial charge in [0.1, 0.15) is 0 Å². The lowest BCUT2D eigenvalue weighted by Gasteiger charge is -2.56. The SMILES string of the molecule is C=C(C(=O)O)C1CCN(C)C(C)(C)C1(C)C. The van der Waals surface area contributed by atoms with E-state index in [1.807, 2.05) is 0 Å². The molecule has 0 aromatic carbocycles. The fourth-order valence-electron chi connectivity index (χ4n) is 2.64. The zero-order valence-corrected chi connectivity index (χ0v) is 11.0. The summed E-state index contributed by atoms with van der Waals surface area (Å²) in [6, 6.07) is 0. The van der Waals surface area contributed by atoms with Crippen LogP contribution >= 0.6 is 0 Å². The van der Waals surface area contributed by atoms with Crippen molar-refractivity contribution >= 4 is 5.97 Å². The van der Waals surface area contributed by atoms with Gasteiger partial charge >= 0.3 is 5.97 Å². The highest BCUT2D eigenvalue weighted by Crippen LogP contribution is 2.48. The number of hydrogen-bond acceptors (Lipinski definition) is 2. The maximum absolute atomic E-state index is 11.1. The summed E-state index contributed by atoms with van der Waals surface area (Å²) in [4.78, 5) is 13.4. The molecule has 1 rings (SSSR count). The van der Waals surface area contributed by atoms with Gasteiger partial charge in [0.2, 0.25) is 0 Å². The zero-order chi connectivity index (χ0) is 12.7. The Morgan fingerprint density at radius 1 is 1.38 bits per heavy atom. The van der Waals surface area contributed by atoms with E-state index in [4.69, 9.17) is 5.11 Å². The number of piperidine rings is 1. The predicted octanol–water partition coefficient (Wildman–Crippen LogP) is 2.38. The first-order valence-electron chi connectivity index (χ1n) is 5.75. The van der Waals surface area contributed by atoms with Crippen molar-refractivity contribution in [1.82, 2.24) is 4.90 Å². The molecule has 16 heavy (non-hydrogen) atoms. The van der Waals surface area contributed by atoms with Crippen LogP contribution in [0.25, 0.3) is 0 Å². The molecule has 0 saturated carbocycles. The average molecular weight is 225 g/mol. The quantitative estimate of drug-likeness (QED) is 0.734. The van der Waals surface area contributed by atoms with Gasteiger partial charge in [0.25, 0.3) is 0 Å². The Morgan fingerprint density at radius 2 is 1.88 bits per heavy atom. The highest BCUT2D eigenvalue weighted by molar-refractivity contribution is 5.86. The van der Waals surface area contributed by atoms with Crippen molar-refractivity contribution in [2.24, 2.45) is 11.3 Å². The van der Waals surface area contributed by atoms with Crippen LogP contribution in [0.4, 0.5) is 0 Å². The molecule has 0 amide bonds. The lowest BCUT2D eigenvalue weighted by molar-refractivity contribution is -0.135. The van der Waals surface area contributed by atoms with Crippen LogP contribution in [-0.4, -0.2) is 35.1 Å². The highest BCUT2D eigenvalue weighted by atomic mass is 16.4. The number of nitrogens with zero attached hydrogens (tertiary/aromatic N) is 1. The van der Waals surface area contributed by atoms with E-state index < -0.39 is 5.97 Å². The molecular formula is C13H23NO2. The Balaban J connectivity index is 3.07. The van der Waals surface area contributed by atoms with Crippen molar-refractivity contribution in [2.45, 2.75) is 39.7 Å². The number of carboxylic acid groups (broad SMARTS) is 1. The second-order valence-electron chi connectivity index (χ2n) is 5.87. The molecule has 0 aliphatic carbocycles. The van der Waals surface area contributed by atoms with Crippen molar-refractivity contribution in [3.05, 3.63) is 12.2 Å². The molecule has 1 atom stereocenters. The van der Waals surface area contributed by atoms with Crippen LogP contribution in [0.5, 0.6) is 0 Å². The summed E-state index contributed by atoms with van der Waals surface area (Å²) in [5.41, 5.74) is 0.246. The molecule has 3 heteroatoms. The van der Waals surface area contributed by atoms with Crippen LogP contribution in [0, 0.1) is 11.3 Å². The second-order valence-corrected chi connectivity index (χ2v) is 5.87. The molecule has 1 aliphatic rings. The molecule has 0 spiro atoms. The maximum Gasteiger partial charge on any atom is 0.331 e. The lowest BCUT2D eigenvalue weighted by atomic mass is 9.60. The van der Waals surface area contributed by atoms with E-state index in [1.165, 1.54) is 0 Å². The Hall–Kier alpha value is -0.830. The molecule has 1 N–H and O–H groups in total. The summed E-state index contributed by atoms with van der Waals surface area (Å²) >= 11 is 0. The van der Waals surface area contributed by atoms with Gasteiger partial charge in [-0.2, -0.15) is 0 Å². The number of carboxylic acids is 1. The van der Waals surface area contributed by atoms with Crippen LogP contribution in [-0.2, 0) is 4.79 Å². The maximum atomic E-state index is 11.1. The Bertz CT molecular complexity index is 318. The minimum atomic E-state index is -0.863. The third-order valence-electron chi connectivity index (χ3n) is 4.85. The predicted molar refractivity (Wildman–Crippen MR) is 65.4 cm³/mol. The lowest BCUT2D eigenvalue weighted by Crippen LogP contribution is -2.60. The minimum Gasteiger partial charge on any atom is -0.478 e. The average Bonchev–Trinajstić information content (AvgIpc) is 2.14. The van der Waals surface area contributed by atoms with E-state index in [1.54, 1.807) is 0 Å². The standard InChI is InChI=1S/C13H23NO2/c1-9(11(15)16)10-7-8-14(6)13(4,5)12(10,2)3/h10H,1,7-8H2,2-6H3,(H,15,16). The van der Waals surface area contributed by atoms with Crippen molar-refractivity contribution in [2.75, 3.05) is 13.6 Å². The van der Waals surface area contributed by atoms with Gasteiger partial charge in [-0.05, 0) is 45.2 Å². The molecule has 0 bridgehead atoms. The Labute approximate surface area is 98.1 Å². The number of hydrogen-bond donors (Lipinski definition) is 1. The monoisotopic (exact) mass is 225 g/mol. The van der Waals surface area contributed by atoms with Gasteiger partial charge in [-0.1, -0.05) is 20.4 Å². The molecule has 0 radical (unpaired) electrons. The van der Waals surface area contributed by atoms with Crippen molar-refractivity contribution < 1.29 is 9.90 Å². The summed E-state index contributed by atoms with van der Waals surface area (Å²) in [6.07, 6.45) is 0.873. The second kappa shape index (κ2) is 3.88. The van der Waals surface area contributed by atoms with Crippen LogP contribution in [0.3, 0.4) is 0 Å². The van der Waals surface area contributed by atoms with Gasteiger partial charge < -0.3 is 10.0 Å². The molecule has 3 nitrogen and oxygen atoms in total. The van der Waals surface area contributed by atoms with Crippen molar-refractivity contribution in [1.29, 1.82) is 0 Å².